The van der Waals surface area contributed by atoms with E-state index in [0.29, 0.717) is 19.7 Å². The number of amides is 1. The predicted octanol–water partition coefficient (Wildman–Crippen LogP) is 1.26. The zero-order valence-electron chi connectivity index (χ0n) is 11.9. The smallest absolute Gasteiger partial charge is 0.270 e. The third-order valence-corrected chi connectivity index (χ3v) is 4.36. The van der Waals surface area contributed by atoms with E-state index in [1.54, 1.807) is 4.90 Å². The Hall–Kier alpha value is -1.82. The second-order valence-electron chi connectivity index (χ2n) is 5.94. The van der Waals surface area contributed by atoms with E-state index in [0.717, 1.165) is 31.7 Å². The zero-order valence-corrected chi connectivity index (χ0v) is 11.9. The highest BCUT2D eigenvalue weighted by Gasteiger charge is 2.39. The minimum Gasteiger partial charge on any atom is -0.508 e. The summed E-state index contributed by atoms with van der Waals surface area (Å²) < 4.78 is 5.95. The molecule has 0 radical (unpaired) electrons. The third-order valence-electron chi connectivity index (χ3n) is 4.36. The van der Waals surface area contributed by atoms with Crippen molar-refractivity contribution in [3.8, 4) is 5.75 Å². The number of aromatic hydroxyl groups is 1. The van der Waals surface area contributed by atoms with E-state index in [1.807, 2.05) is 0 Å². The molecule has 0 unspecified atom stereocenters. The molecule has 6 nitrogen and oxygen atoms in total. The van der Waals surface area contributed by atoms with Crippen molar-refractivity contribution in [3.05, 3.63) is 28.2 Å². The summed E-state index contributed by atoms with van der Waals surface area (Å²) in [5.74, 6) is -0.445. The molecule has 2 aliphatic rings. The first-order chi connectivity index (χ1) is 10.1. The number of aromatic nitrogens is 1. The van der Waals surface area contributed by atoms with Crippen LogP contribution in [-0.2, 0) is 4.74 Å². The van der Waals surface area contributed by atoms with Crippen LogP contribution in [-0.4, -0.2) is 46.2 Å². The average Bonchev–Trinajstić information content (AvgIpc) is 2.46. The number of nitrogens with zero attached hydrogens (tertiary/aromatic N) is 1. The standard InChI is InChI=1S/C15H20N2O4/c18-11-8-12(16-13(19)9-11)14(20)17-6-7-21-15(10-17)4-2-1-3-5-15/h8-9H,1-7,10H2,(H2,16,18,19). The molecule has 1 amide bonds. The number of H-pyrrole nitrogens is 1. The van der Waals surface area contributed by atoms with Crippen molar-refractivity contribution in [1.29, 1.82) is 0 Å². The molecule has 1 aliphatic heterocycles. The highest BCUT2D eigenvalue weighted by atomic mass is 16.5. The van der Waals surface area contributed by atoms with Crippen LogP contribution in [0.1, 0.15) is 42.6 Å². The van der Waals surface area contributed by atoms with Gasteiger partial charge in [0.05, 0.1) is 18.8 Å². The topological polar surface area (TPSA) is 82.6 Å². The van der Waals surface area contributed by atoms with Crippen molar-refractivity contribution in [3.63, 3.8) is 0 Å². The highest BCUT2D eigenvalue weighted by molar-refractivity contribution is 5.92. The van der Waals surface area contributed by atoms with E-state index < -0.39 is 5.56 Å². The average molecular weight is 292 g/mol. The maximum absolute atomic E-state index is 12.5. The van der Waals surface area contributed by atoms with Crippen molar-refractivity contribution in [2.75, 3.05) is 19.7 Å². The molecular weight excluding hydrogens is 272 g/mol. The van der Waals surface area contributed by atoms with E-state index in [9.17, 15) is 14.7 Å². The molecule has 6 heteroatoms. The van der Waals surface area contributed by atoms with Crippen LogP contribution in [0.15, 0.2) is 16.9 Å². The van der Waals surface area contributed by atoms with Crippen LogP contribution in [0.25, 0.3) is 0 Å². The number of nitrogens with one attached hydrogen (secondary N) is 1. The normalized spacial score (nSPS) is 21.4. The van der Waals surface area contributed by atoms with Gasteiger partial charge in [-0.15, -0.1) is 0 Å². The van der Waals surface area contributed by atoms with Gasteiger partial charge in [-0.1, -0.05) is 19.3 Å². The molecular formula is C15H20N2O4. The van der Waals surface area contributed by atoms with E-state index in [1.165, 1.54) is 12.5 Å². The molecule has 1 saturated carbocycles. The number of hydrogen-bond acceptors (Lipinski definition) is 4. The van der Waals surface area contributed by atoms with Crippen molar-refractivity contribution in [2.45, 2.75) is 37.7 Å². The summed E-state index contributed by atoms with van der Waals surface area (Å²) in [7, 11) is 0. The Bertz CT molecular complexity index is 584. The molecule has 2 N–H and O–H groups in total. The Morgan fingerprint density at radius 3 is 2.76 bits per heavy atom. The van der Waals surface area contributed by atoms with Gasteiger partial charge in [0.1, 0.15) is 11.4 Å². The molecule has 0 aromatic carbocycles. The van der Waals surface area contributed by atoms with Crippen LogP contribution in [0, 0.1) is 0 Å². The van der Waals surface area contributed by atoms with Gasteiger partial charge in [-0.3, -0.25) is 9.59 Å². The molecule has 1 aromatic heterocycles. The Labute approximate surface area is 122 Å². The number of carbonyl (C=O) groups excluding carboxylic acids is 1. The first kappa shape index (κ1) is 14.1. The number of ether oxygens (including phenoxy) is 1. The maximum atomic E-state index is 12.5. The minimum atomic E-state index is -0.473. The molecule has 21 heavy (non-hydrogen) atoms. The molecule has 1 saturated heterocycles. The van der Waals surface area contributed by atoms with E-state index in [-0.39, 0.29) is 23.0 Å². The summed E-state index contributed by atoms with van der Waals surface area (Å²) >= 11 is 0. The van der Waals surface area contributed by atoms with Crippen LogP contribution in [0.4, 0.5) is 0 Å². The zero-order chi connectivity index (χ0) is 14.9. The van der Waals surface area contributed by atoms with Gasteiger partial charge in [-0.25, -0.2) is 0 Å². The molecule has 2 fully saturated rings. The lowest BCUT2D eigenvalue weighted by Crippen LogP contribution is -2.54. The molecule has 1 spiro atoms. The Morgan fingerprint density at radius 2 is 2.05 bits per heavy atom. The monoisotopic (exact) mass is 292 g/mol. The van der Waals surface area contributed by atoms with Crippen LogP contribution in [0.2, 0.25) is 0 Å². The summed E-state index contributed by atoms with van der Waals surface area (Å²) in [5, 5.41) is 9.47. The lowest BCUT2D eigenvalue weighted by Gasteiger charge is -2.44. The van der Waals surface area contributed by atoms with Crippen LogP contribution >= 0.6 is 0 Å². The van der Waals surface area contributed by atoms with Gasteiger partial charge in [0, 0.05) is 18.7 Å². The number of morpholine rings is 1. The number of hydrogen-bond donors (Lipinski definition) is 2. The summed E-state index contributed by atoms with van der Waals surface area (Å²) in [4.78, 5) is 28.1. The highest BCUT2D eigenvalue weighted by Crippen LogP contribution is 2.34. The molecule has 0 bridgehead atoms. The summed E-state index contributed by atoms with van der Waals surface area (Å²) in [6.07, 6.45) is 5.44. The van der Waals surface area contributed by atoms with Gasteiger partial charge in [-0.2, -0.15) is 0 Å². The van der Waals surface area contributed by atoms with Gasteiger partial charge in [0.2, 0.25) is 0 Å². The Morgan fingerprint density at radius 1 is 1.29 bits per heavy atom. The third kappa shape index (κ3) is 2.95. The van der Waals surface area contributed by atoms with Gasteiger partial charge in [0.15, 0.2) is 0 Å². The number of rotatable bonds is 1. The number of aromatic amines is 1. The van der Waals surface area contributed by atoms with Crippen molar-refractivity contribution in [2.24, 2.45) is 0 Å². The fourth-order valence-corrected chi connectivity index (χ4v) is 3.33. The van der Waals surface area contributed by atoms with Crippen molar-refractivity contribution >= 4 is 5.91 Å². The summed E-state index contributed by atoms with van der Waals surface area (Å²) in [6, 6.07) is 2.35. The summed E-state index contributed by atoms with van der Waals surface area (Å²) in [5.41, 5.74) is -0.560. The SMILES string of the molecule is O=C(c1cc(O)cc(=O)[nH]1)N1CCOC2(CCCCC2)C1. The summed E-state index contributed by atoms with van der Waals surface area (Å²) in [6.45, 7) is 1.59. The van der Waals surface area contributed by atoms with Gasteiger partial charge >= 0.3 is 0 Å². The maximum Gasteiger partial charge on any atom is 0.270 e. The van der Waals surface area contributed by atoms with Crippen LogP contribution < -0.4 is 5.56 Å². The largest absolute Gasteiger partial charge is 0.508 e. The second kappa shape index (κ2) is 5.52. The molecule has 114 valence electrons. The van der Waals surface area contributed by atoms with Crippen LogP contribution in [0.5, 0.6) is 5.75 Å². The van der Waals surface area contributed by atoms with Crippen molar-refractivity contribution < 1.29 is 14.6 Å². The van der Waals surface area contributed by atoms with Crippen molar-refractivity contribution in [1.82, 2.24) is 9.88 Å². The molecule has 0 atom stereocenters. The fourth-order valence-electron chi connectivity index (χ4n) is 3.33. The van der Waals surface area contributed by atoms with Gasteiger partial charge in [-0.05, 0) is 12.8 Å². The predicted molar refractivity (Wildman–Crippen MR) is 76.4 cm³/mol. The Kier molecular flexibility index (Phi) is 3.71. The van der Waals surface area contributed by atoms with Gasteiger partial charge < -0.3 is 19.7 Å². The lowest BCUT2D eigenvalue weighted by atomic mass is 9.83. The fraction of sp³-hybridized carbons (Fsp3) is 0.600. The number of carbonyl (C=O) groups is 1. The van der Waals surface area contributed by atoms with E-state index in [2.05, 4.69) is 4.98 Å². The first-order valence-electron chi connectivity index (χ1n) is 7.45. The molecule has 2 heterocycles. The number of pyridine rings is 1. The van der Waals surface area contributed by atoms with Gasteiger partial charge in [0.25, 0.3) is 11.5 Å². The molecule has 3 rings (SSSR count). The molecule has 1 aliphatic carbocycles. The second-order valence-corrected chi connectivity index (χ2v) is 5.94. The lowest BCUT2D eigenvalue weighted by molar-refractivity contribution is -0.118. The quantitative estimate of drug-likeness (QED) is 0.816. The first-order valence-corrected chi connectivity index (χ1v) is 7.45. The Balaban J connectivity index is 1.79. The molecule has 1 aromatic rings. The van der Waals surface area contributed by atoms with E-state index in [4.69, 9.17) is 4.74 Å². The van der Waals surface area contributed by atoms with E-state index >= 15 is 0 Å². The minimum absolute atomic E-state index is 0.132. The van der Waals surface area contributed by atoms with Crippen LogP contribution in [0.3, 0.4) is 0 Å².